The smallest absolute Gasteiger partial charge is 0.351 e. The molecule has 2 heterocycles. The Labute approximate surface area is 117 Å². The lowest BCUT2D eigenvalue weighted by Crippen LogP contribution is -2.30. The van der Waals surface area contributed by atoms with Crippen LogP contribution in [0.4, 0.5) is 10.2 Å². The van der Waals surface area contributed by atoms with E-state index in [9.17, 15) is 28.6 Å². The van der Waals surface area contributed by atoms with Gasteiger partial charge in [-0.3, -0.25) is 4.57 Å². The standard InChI is InChI=1S/C9H13FN3O7P/c10-4-2-13(9(15)12-8(4)11)7-1-5(14)6(20-7)3-19-21(16,17)18/h2,5-7,14H,1,3H2,(H2,11,12,15)(H2,16,17,18)/p-2/t5-,6+,7+/m0/s1. The quantitative estimate of drug-likeness (QED) is 0.568. The molecule has 21 heavy (non-hydrogen) atoms. The first-order valence-corrected chi connectivity index (χ1v) is 7.17. The van der Waals surface area contributed by atoms with Gasteiger partial charge in [0.1, 0.15) is 12.3 Å². The third kappa shape index (κ3) is 3.84. The average Bonchev–Trinajstić information content (AvgIpc) is 2.72. The molecule has 1 aromatic heterocycles. The second-order valence-corrected chi connectivity index (χ2v) is 5.49. The highest BCUT2D eigenvalue weighted by Crippen LogP contribution is 2.32. The summed E-state index contributed by atoms with van der Waals surface area (Å²) in [7, 11) is -5.21. The molecule has 118 valence electrons. The van der Waals surface area contributed by atoms with Crippen LogP contribution in [0.1, 0.15) is 12.6 Å². The minimum Gasteiger partial charge on any atom is -0.790 e. The van der Waals surface area contributed by atoms with Crippen LogP contribution in [-0.4, -0.2) is 33.5 Å². The molecule has 1 fully saturated rings. The molecule has 0 saturated carbocycles. The summed E-state index contributed by atoms with van der Waals surface area (Å²) in [4.78, 5) is 35.5. The first-order chi connectivity index (χ1) is 9.67. The van der Waals surface area contributed by atoms with E-state index in [0.29, 0.717) is 0 Å². The van der Waals surface area contributed by atoms with Crippen LogP contribution in [0, 0.1) is 5.82 Å². The molecule has 0 amide bonds. The number of hydrogen-bond acceptors (Lipinski definition) is 9. The van der Waals surface area contributed by atoms with Crippen molar-refractivity contribution in [2.45, 2.75) is 24.9 Å². The summed E-state index contributed by atoms with van der Waals surface area (Å²) in [5.41, 5.74) is 4.23. The summed E-state index contributed by atoms with van der Waals surface area (Å²) < 4.78 is 33.6. The van der Waals surface area contributed by atoms with E-state index in [2.05, 4.69) is 9.51 Å². The number of ether oxygens (including phenoxy) is 1. The van der Waals surface area contributed by atoms with Crippen LogP contribution in [0.25, 0.3) is 0 Å². The number of phosphoric acid groups is 1. The van der Waals surface area contributed by atoms with E-state index in [1.54, 1.807) is 0 Å². The number of aliphatic hydroxyl groups is 1. The Morgan fingerprint density at radius 2 is 2.33 bits per heavy atom. The lowest BCUT2D eigenvalue weighted by Gasteiger charge is -2.30. The minimum atomic E-state index is -5.21. The molecule has 0 radical (unpaired) electrons. The lowest BCUT2D eigenvalue weighted by atomic mass is 10.2. The molecular formula is C9H11FN3O7P-2. The van der Waals surface area contributed by atoms with E-state index in [1.165, 1.54) is 0 Å². The molecule has 10 nitrogen and oxygen atoms in total. The number of nitrogens with zero attached hydrogens (tertiary/aromatic N) is 2. The predicted molar refractivity (Wildman–Crippen MR) is 61.0 cm³/mol. The molecule has 0 unspecified atom stereocenters. The fourth-order valence-electron chi connectivity index (χ4n) is 1.86. The van der Waals surface area contributed by atoms with Crippen molar-refractivity contribution in [3.8, 4) is 0 Å². The molecule has 0 bridgehead atoms. The number of nitrogen functional groups attached to an aromatic ring is 1. The Hall–Kier alpha value is -1.36. The zero-order valence-electron chi connectivity index (χ0n) is 10.4. The fraction of sp³-hybridized carbons (Fsp3) is 0.556. The number of aliphatic hydroxyl groups excluding tert-OH is 1. The van der Waals surface area contributed by atoms with Crippen LogP contribution < -0.4 is 21.2 Å². The van der Waals surface area contributed by atoms with Crippen molar-refractivity contribution in [3.05, 3.63) is 22.5 Å². The van der Waals surface area contributed by atoms with E-state index in [0.717, 1.165) is 10.8 Å². The Balaban J connectivity index is 2.12. The topological polar surface area (TPSA) is 163 Å². The Morgan fingerprint density at radius 1 is 1.67 bits per heavy atom. The van der Waals surface area contributed by atoms with Gasteiger partial charge in [0.2, 0.25) is 0 Å². The average molecular weight is 323 g/mol. The van der Waals surface area contributed by atoms with Crippen LogP contribution in [0.5, 0.6) is 0 Å². The van der Waals surface area contributed by atoms with Gasteiger partial charge in [0.15, 0.2) is 11.6 Å². The van der Waals surface area contributed by atoms with Gasteiger partial charge in [0.25, 0.3) is 0 Å². The summed E-state index contributed by atoms with van der Waals surface area (Å²) >= 11 is 0. The highest BCUT2D eigenvalue weighted by Gasteiger charge is 2.36. The highest BCUT2D eigenvalue weighted by molar-refractivity contribution is 7.43. The van der Waals surface area contributed by atoms with Gasteiger partial charge < -0.3 is 34.5 Å². The van der Waals surface area contributed by atoms with Gasteiger partial charge in [-0.05, 0) is 0 Å². The van der Waals surface area contributed by atoms with Gasteiger partial charge in [-0.2, -0.15) is 4.98 Å². The molecule has 3 N–H and O–H groups in total. The lowest BCUT2D eigenvalue weighted by molar-refractivity contribution is -0.343. The SMILES string of the molecule is Nc1nc(=O)n([C@H]2C[C@H](O)[C@@H](COP(=O)([O-])[O-])O2)cc1F. The van der Waals surface area contributed by atoms with Crippen molar-refractivity contribution >= 4 is 13.6 Å². The second kappa shape index (κ2) is 5.79. The Morgan fingerprint density at radius 3 is 2.95 bits per heavy atom. The molecule has 0 spiro atoms. The zero-order chi connectivity index (χ0) is 15.8. The van der Waals surface area contributed by atoms with Gasteiger partial charge in [-0.25, -0.2) is 9.18 Å². The summed E-state index contributed by atoms with van der Waals surface area (Å²) in [6.45, 7) is -0.707. The van der Waals surface area contributed by atoms with Gasteiger partial charge in [-0.15, -0.1) is 0 Å². The summed E-state index contributed by atoms with van der Waals surface area (Å²) in [5.74, 6) is -1.52. The van der Waals surface area contributed by atoms with E-state index in [4.69, 9.17) is 10.5 Å². The Bertz CT molecular complexity index is 632. The number of rotatable bonds is 4. The van der Waals surface area contributed by atoms with Crippen LogP contribution >= 0.6 is 7.82 Å². The third-order valence-corrected chi connectivity index (χ3v) is 3.31. The third-order valence-electron chi connectivity index (χ3n) is 2.85. The normalized spacial score (nSPS) is 26.2. The maximum absolute atomic E-state index is 13.3. The van der Waals surface area contributed by atoms with Crippen LogP contribution in [0.2, 0.25) is 0 Å². The molecule has 3 atom stereocenters. The molecule has 0 aliphatic carbocycles. The van der Waals surface area contributed by atoms with Crippen LogP contribution in [0.15, 0.2) is 11.0 Å². The monoisotopic (exact) mass is 323 g/mol. The van der Waals surface area contributed by atoms with Crippen molar-refractivity contribution in [1.82, 2.24) is 9.55 Å². The molecule has 12 heteroatoms. The van der Waals surface area contributed by atoms with Crippen molar-refractivity contribution < 1.29 is 33.1 Å². The highest BCUT2D eigenvalue weighted by atomic mass is 31.2. The molecule has 1 aliphatic heterocycles. The minimum absolute atomic E-state index is 0.138. The van der Waals surface area contributed by atoms with E-state index >= 15 is 0 Å². The molecule has 0 aromatic carbocycles. The van der Waals surface area contributed by atoms with Crippen molar-refractivity contribution in [2.24, 2.45) is 0 Å². The van der Waals surface area contributed by atoms with Crippen molar-refractivity contribution in [3.63, 3.8) is 0 Å². The molecule has 1 aliphatic rings. The van der Waals surface area contributed by atoms with Gasteiger partial charge in [0.05, 0.1) is 26.7 Å². The zero-order valence-corrected chi connectivity index (χ0v) is 11.3. The van der Waals surface area contributed by atoms with Gasteiger partial charge in [-0.1, -0.05) is 0 Å². The number of anilines is 1. The number of nitrogens with two attached hydrogens (primary N) is 1. The molecule has 1 saturated heterocycles. The first-order valence-electron chi connectivity index (χ1n) is 5.71. The summed E-state index contributed by atoms with van der Waals surface area (Å²) in [6.07, 6.45) is -2.81. The van der Waals surface area contributed by atoms with Crippen molar-refractivity contribution in [1.29, 1.82) is 0 Å². The number of aromatic nitrogens is 2. The van der Waals surface area contributed by atoms with Gasteiger partial charge >= 0.3 is 5.69 Å². The van der Waals surface area contributed by atoms with Crippen LogP contribution in [0.3, 0.4) is 0 Å². The van der Waals surface area contributed by atoms with E-state index in [1.807, 2.05) is 0 Å². The molecule has 2 rings (SSSR count). The summed E-state index contributed by atoms with van der Waals surface area (Å²) in [5, 5.41) is 9.68. The molecule has 1 aromatic rings. The van der Waals surface area contributed by atoms with E-state index in [-0.39, 0.29) is 6.42 Å². The maximum atomic E-state index is 13.3. The van der Waals surface area contributed by atoms with Gasteiger partial charge in [0, 0.05) is 6.42 Å². The number of phosphoric ester groups is 1. The first kappa shape index (κ1) is 16.0. The van der Waals surface area contributed by atoms with E-state index < -0.39 is 50.2 Å². The Kier molecular flexibility index (Phi) is 4.42. The maximum Gasteiger partial charge on any atom is 0.351 e. The summed E-state index contributed by atoms with van der Waals surface area (Å²) in [6, 6.07) is 0. The largest absolute Gasteiger partial charge is 0.790 e. The number of hydrogen-bond donors (Lipinski definition) is 2. The van der Waals surface area contributed by atoms with Crippen molar-refractivity contribution in [2.75, 3.05) is 12.3 Å². The second-order valence-electron chi connectivity index (χ2n) is 4.34. The van der Waals surface area contributed by atoms with Crippen LogP contribution in [-0.2, 0) is 13.8 Å². The predicted octanol–water partition coefficient (Wildman–Crippen LogP) is -2.54. The fourth-order valence-corrected chi connectivity index (χ4v) is 2.19. The number of halogens is 1. The molecular weight excluding hydrogens is 312 g/mol.